The molecule has 68 heavy (non-hydrogen) atoms. The predicted octanol–water partition coefficient (Wildman–Crippen LogP) is 15.5. The zero-order chi connectivity index (χ0) is 45.5. The molecule has 0 bridgehead atoms. The quantitative estimate of drug-likeness (QED) is 0.173. The Morgan fingerprint density at radius 3 is 1.56 bits per heavy atom. The lowest BCUT2D eigenvalue weighted by atomic mass is 9.82. The van der Waals surface area contributed by atoms with Crippen LogP contribution >= 0.6 is 0 Å². The summed E-state index contributed by atoms with van der Waals surface area (Å²) < 4.78 is 4.89. The van der Waals surface area contributed by atoms with Crippen molar-refractivity contribution >= 4 is 38.8 Å². The predicted molar refractivity (Wildman–Crippen MR) is 280 cm³/mol. The highest BCUT2D eigenvalue weighted by Crippen LogP contribution is 2.53. The van der Waals surface area contributed by atoms with Gasteiger partial charge in [0, 0.05) is 60.7 Å². The molecule has 5 nitrogen and oxygen atoms in total. The Morgan fingerprint density at radius 2 is 0.912 bits per heavy atom. The molecule has 14 rings (SSSR count). The summed E-state index contributed by atoms with van der Waals surface area (Å²) in [6.45, 7) is 9.44. The lowest BCUT2D eigenvalue weighted by molar-refractivity contribution is 0.661. The maximum atomic E-state index is 5.34. The summed E-state index contributed by atoms with van der Waals surface area (Å²) >= 11 is 0. The Labute approximate surface area is 395 Å². The first kappa shape index (κ1) is 39.1. The van der Waals surface area contributed by atoms with Crippen LogP contribution in [-0.4, -0.2) is 24.1 Å². The number of aromatic nitrogens is 5. The first-order chi connectivity index (χ1) is 33.2. The Morgan fingerprint density at radius 1 is 0.397 bits per heavy atom. The van der Waals surface area contributed by atoms with Crippen LogP contribution in [0.5, 0.6) is 0 Å². The fourth-order valence-electron chi connectivity index (χ4n) is 12.1. The van der Waals surface area contributed by atoms with Crippen LogP contribution in [0.2, 0.25) is 0 Å². The molecule has 0 amide bonds. The van der Waals surface area contributed by atoms with Gasteiger partial charge >= 0.3 is 0 Å². The van der Waals surface area contributed by atoms with Crippen LogP contribution in [0.25, 0.3) is 107 Å². The number of hydrogen-bond acceptors (Lipinski definition) is 3. The minimum absolute atomic E-state index is 0.106. The highest BCUT2D eigenvalue weighted by Gasteiger charge is 2.38. The van der Waals surface area contributed by atoms with E-state index in [0.717, 1.165) is 40.9 Å². The number of rotatable bonds is 5. The highest BCUT2D eigenvalue weighted by molar-refractivity contribution is 6.11. The fraction of sp³-hybridized carbons (Fsp3) is 0.127. The third-order valence-electron chi connectivity index (χ3n) is 15.4. The highest BCUT2D eigenvalue weighted by atomic mass is 15.0. The molecule has 3 aliphatic rings. The van der Waals surface area contributed by atoms with Crippen LogP contribution < -0.4 is 0 Å². The van der Waals surface area contributed by atoms with Crippen molar-refractivity contribution in [2.75, 3.05) is 0 Å². The molecule has 3 aromatic heterocycles. The molecule has 0 spiro atoms. The molecule has 3 heterocycles. The first-order valence-corrected chi connectivity index (χ1v) is 23.9. The maximum Gasteiger partial charge on any atom is 0.164 e. The van der Waals surface area contributed by atoms with Crippen molar-refractivity contribution in [2.45, 2.75) is 51.4 Å². The Bertz CT molecular complexity index is 3970. The van der Waals surface area contributed by atoms with Gasteiger partial charge in [0.1, 0.15) is 0 Å². The number of allylic oxidation sites excluding steroid dienone is 1. The van der Waals surface area contributed by atoms with Crippen molar-refractivity contribution in [1.82, 2.24) is 24.1 Å². The third-order valence-corrected chi connectivity index (χ3v) is 15.4. The van der Waals surface area contributed by atoms with Crippen molar-refractivity contribution in [2.24, 2.45) is 0 Å². The van der Waals surface area contributed by atoms with Gasteiger partial charge in [-0.2, -0.15) is 0 Å². The van der Waals surface area contributed by atoms with E-state index in [1.165, 1.54) is 88.5 Å². The topological polar surface area (TPSA) is 48.5 Å². The van der Waals surface area contributed by atoms with E-state index in [-0.39, 0.29) is 10.8 Å². The second-order valence-electron chi connectivity index (χ2n) is 19.9. The van der Waals surface area contributed by atoms with Crippen molar-refractivity contribution in [3.05, 3.63) is 216 Å². The molecule has 0 radical (unpaired) electrons. The fourth-order valence-corrected chi connectivity index (χ4v) is 12.1. The Balaban J connectivity index is 0.928. The molecule has 5 heteroatoms. The summed E-state index contributed by atoms with van der Waals surface area (Å²) in [6, 6.07) is 64.2. The molecule has 0 N–H and O–H groups in total. The lowest BCUT2D eigenvalue weighted by Crippen LogP contribution is -2.15. The van der Waals surface area contributed by atoms with E-state index in [0.29, 0.717) is 17.5 Å². The lowest BCUT2D eigenvalue weighted by Gasteiger charge is -2.21. The van der Waals surface area contributed by atoms with Crippen LogP contribution in [0.15, 0.2) is 182 Å². The molecule has 0 aliphatic heterocycles. The van der Waals surface area contributed by atoms with Crippen molar-refractivity contribution in [3.63, 3.8) is 0 Å². The second kappa shape index (κ2) is 14.2. The van der Waals surface area contributed by atoms with Gasteiger partial charge in [0.05, 0.1) is 16.6 Å². The number of fused-ring (bicyclic) bond motifs is 12. The normalized spacial score (nSPS) is 14.8. The molecule has 324 valence electrons. The number of para-hydroxylation sites is 1. The summed E-state index contributed by atoms with van der Waals surface area (Å²) in [5.41, 5.74) is 21.8. The zero-order valence-electron chi connectivity index (χ0n) is 38.5. The van der Waals surface area contributed by atoms with Crippen molar-refractivity contribution < 1.29 is 0 Å². The molecule has 0 atom stereocenters. The molecule has 11 aromatic rings. The summed E-state index contributed by atoms with van der Waals surface area (Å²) in [7, 11) is 0. The minimum Gasteiger partial charge on any atom is -0.310 e. The van der Waals surface area contributed by atoms with E-state index in [1.807, 2.05) is 18.2 Å². The molecule has 0 fully saturated rings. The Kier molecular flexibility index (Phi) is 8.14. The minimum atomic E-state index is -0.121. The summed E-state index contributed by atoms with van der Waals surface area (Å²) in [5, 5.41) is 3.81. The van der Waals surface area contributed by atoms with Crippen LogP contribution in [0.3, 0.4) is 0 Å². The molecule has 3 aliphatic carbocycles. The van der Waals surface area contributed by atoms with E-state index in [1.54, 1.807) is 0 Å². The molecule has 8 aromatic carbocycles. The van der Waals surface area contributed by atoms with E-state index in [2.05, 4.69) is 207 Å². The SMILES string of the molecule is CC1(C)c2ccccc2-c2cc3c4c(n(-c5cccc(-c6nc(-c7ccccc7)nc(-c7cccc(-n8c9ccccc9c9cc%10c(cc98)C(C)(C)c8ccccc8-%10)c7)n6)c5)c3cc21)C=CCC4. The van der Waals surface area contributed by atoms with Gasteiger partial charge in [0.2, 0.25) is 0 Å². The molecular formula is C63H47N5. The van der Waals surface area contributed by atoms with Crippen LogP contribution in [-0.2, 0) is 17.3 Å². The van der Waals surface area contributed by atoms with Crippen LogP contribution in [0.1, 0.15) is 67.6 Å². The first-order valence-electron chi connectivity index (χ1n) is 23.9. The third kappa shape index (κ3) is 5.53. The summed E-state index contributed by atoms with van der Waals surface area (Å²) in [6.07, 6.45) is 6.69. The van der Waals surface area contributed by atoms with Gasteiger partial charge in [-0.25, -0.2) is 15.0 Å². The van der Waals surface area contributed by atoms with E-state index >= 15 is 0 Å². The number of hydrogen-bond donors (Lipinski definition) is 0. The average molecular weight is 874 g/mol. The van der Waals surface area contributed by atoms with Crippen molar-refractivity contribution in [1.29, 1.82) is 0 Å². The summed E-state index contributed by atoms with van der Waals surface area (Å²) in [5.74, 6) is 1.90. The monoisotopic (exact) mass is 873 g/mol. The Hall–Kier alpha value is -8.15. The van der Waals surface area contributed by atoms with Gasteiger partial charge in [-0.3, -0.25) is 0 Å². The summed E-state index contributed by atoms with van der Waals surface area (Å²) in [4.78, 5) is 15.8. The van der Waals surface area contributed by atoms with Gasteiger partial charge in [-0.15, -0.1) is 0 Å². The largest absolute Gasteiger partial charge is 0.310 e. The standard InChI is InChI=1S/C63H47N5/c1-62(2)51-28-12-8-24-43(51)47-34-49-45-26-10-14-30-55(45)67(57(49)36-53(47)62)41-22-16-20-39(32-41)60-64-59(38-18-6-5-7-19-38)65-61(66-60)40-21-17-23-42(33-40)68-56-31-15-11-27-46(56)50-35-48-44-25-9-13-29-52(44)63(3,4)54(48)37-58(50)68/h5-10,12-26,28-37H,11,27H2,1-4H3. The maximum absolute atomic E-state index is 5.34. The number of benzene rings is 8. The van der Waals surface area contributed by atoms with E-state index < -0.39 is 0 Å². The average Bonchev–Trinajstić information content (AvgIpc) is 4.04. The molecule has 0 unspecified atom stereocenters. The van der Waals surface area contributed by atoms with Gasteiger partial charge < -0.3 is 9.13 Å². The smallest absolute Gasteiger partial charge is 0.164 e. The second-order valence-corrected chi connectivity index (χ2v) is 19.9. The van der Waals surface area contributed by atoms with Gasteiger partial charge in [-0.1, -0.05) is 155 Å². The van der Waals surface area contributed by atoms with Crippen molar-refractivity contribution in [3.8, 4) is 67.8 Å². The van der Waals surface area contributed by atoms with Gasteiger partial charge in [0.15, 0.2) is 17.5 Å². The number of aryl methyl sites for hydroxylation is 1. The number of nitrogens with zero attached hydrogens (tertiary/aromatic N) is 5. The molecular weight excluding hydrogens is 827 g/mol. The van der Waals surface area contributed by atoms with Crippen LogP contribution in [0, 0.1) is 0 Å². The van der Waals surface area contributed by atoms with E-state index in [4.69, 9.17) is 15.0 Å². The van der Waals surface area contributed by atoms with E-state index in [9.17, 15) is 0 Å². The van der Waals surface area contributed by atoms with Crippen LogP contribution in [0.4, 0.5) is 0 Å². The van der Waals surface area contributed by atoms with Gasteiger partial charge in [0.25, 0.3) is 0 Å². The van der Waals surface area contributed by atoms with Gasteiger partial charge in [-0.05, 0) is 124 Å². The molecule has 0 saturated carbocycles. The molecule has 0 saturated heterocycles. The zero-order valence-corrected chi connectivity index (χ0v) is 38.5.